The van der Waals surface area contributed by atoms with Crippen LogP contribution in [0, 0.1) is 0 Å². The van der Waals surface area contributed by atoms with Gasteiger partial charge in [0.15, 0.2) is 0 Å². The molecule has 0 aliphatic rings. The molecule has 0 N–H and O–H groups in total. The van der Waals surface area contributed by atoms with Gasteiger partial charge in [-0.2, -0.15) is 16.3 Å². The first-order valence-electron chi connectivity index (χ1n) is 7.81. The van der Waals surface area contributed by atoms with E-state index in [1.807, 2.05) is 38.4 Å². The summed E-state index contributed by atoms with van der Waals surface area (Å²) in [5.74, 6) is 0.701. The second-order valence-corrected chi connectivity index (χ2v) is 6.30. The zero-order valence-corrected chi connectivity index (χ0v) is 17.9. The SMILES string of the molecule is CN(C)c1ccc(N(CC[S-])CC[N-]c2ccccc2[S-])cc1.[O]=[Tc+4]. The Bertz CT molecular complexity index is 626. The number of benzene rings is 2. The van der Waals surface area contributed by atoms with Gasteiger partial charge in [0.25, 0.3) is 0 Å². The number of rotatable bonds is 8. The van der Waals surface area contributed by atoms with Crippen LogP contribution in [0.25, 0.3) is 5.32 Å². The molecule has 7 heteroatoms. The van der Waals surface area contributed by atoms with Crippen molar-refractivity contribution >= 4 is 42.3 Å². The summed E-state index contributed by atoms with van der Waals surface area (Å²) < 4.78 is 8.22. The van der Waals surface area contributed by atoms with Crippen LogP contribution < -0.4 is 9.80 Å². The summed E-state index contributed by atoms with van der Waals surface area (Å²) >= 11 is 11.3. The normalized spacial score (nSPS) is 9.80. The standard InChI is InChI=1S/C18H24N3S2.O.Tc/c1-20(2)15-7-9-16(10-8-15)21(13-14-22)12-11-19-17-5-3-4-6-18(17)23;;/h3-10,22-23H,11-14H2,1-2H3;;/q-1;;+4/p-2. The average molecular weight is 459 g/mol. The van der Waals surface area contributed by atoms with Gasteiger partial charge in [0.1, 0.15) is 0 Å². The number of para-hydroxylation sites is 1. The van der Waals surface area contributed by atoms with Gasteiger partial charge in [-0.15, -0.1) is 6.54 Å². The van der Waals surface area contributed by atoms with Gasteiger partial charge in [0, 0.05) is 32.0 Å². The quantitative estimate of drug-likeness (QED) is 0.566. The molecule has 2 aromatic rings. The summed E-state index contributed by atoms with van der Waals surface area (Å²) in [5, 5.41) is 4.61. The zero-order valence-electron chi connectivity index (χ0n) is 14.4. The Hall–Kier alpha value is -1.14. The molecule has 0 aliphatic carbocycles. The van der Waals surface area contributed by atoms with Gasteiger partial charge in [-0.25, -0.2) is 0 Å². The minimum atomic E-state index is 0.701. The molecule has 25 heavy (non-hydrogen) atoms. The Morgan fingerprint density at radius 2 is 1.56 bits per heavy atom. The summed E-state index contributed by atoms with van der Waals surface area (Å²) in [4.78, 5) is 5.18. The molecular formula is C18H22N3OS2Tc+. The average Bonchev–Trinajstić information content (AvgIpc) is 2.64. The van der Waals surface area contributed by atoms with Crippen LogP contribution in [0.2, 0.25) is 0 Å². The summed E-state index contributed by atoms with van der Waals surface area (Å²) in [6.45, 7) is 2.39. The number of hydrogen-bond donors (Lipinski definition) is 0. The predicted octanol–water partition coefficient (Wildman–Crippen LogP) is 3.60. The fourth-order valence-corrected chi connectivity index (χ4v) is 2.75. The second-order valence-electron chi connectivity index (χ2n) is 5.45. The van der Waals surface area contributed by atoms with Crippen molar-refractivity contribution < 1.29 is 22.4 Å². The van der Waals surface area contributed by atoms with E-state index in [2.05, 4.69) is 39.4 Å². The first kappa shape index (κ1) is 21.9. The molecule has 0 amide bonds. The van der Waals surface area contributed by atoms with E-state index in [0.717, 1.165) is 42.5 Å². The molecule has 0 saturated heterocycles. The Balaban J connectivity index is 0.00000151. The van der Waals surface area contributed by atoms with Gasteiger partial charge in [0.2, 0.25) is 0 Å². The predicted molar refractivity (Wildman–Crippen MR) is 106 cm³/mol. The van der Waals surface area contributed by atoms with Crippen molar-refractivity contribution in [3.63, 3.8) is 0 Å². The van der Waals surface area contributed by atoms with E-state index in [9.17, 15) is 0 Å². The summed E-state index contributed by atoms with van der Waals surface area (Å²) in [7, 11) is 4.09. The van der Waals surface area contributed by atoms with Crippen LogP contribution in [0.4, 0.5) is 17.1 Å². The van der Waals surface area contributed by atoms with E-state index in [1.54, 1.807) is 0 Å². The molecule has 0 saturated carbocycles. The van der Waals surface area contributed by atoms with Crippen molar-refractivity contribution in [3.05, 3.63) is 53.8 Å². The molecule has 2 aromatic carbocycles. The first-order chi connectivity index (χ1) is 12.1. The van der Waals surface area contributed by atoms with Crippen molar-refractivity contribution in [3.8, 4) is 0 Å². The third kappa shape index (κ3) is 7.32. The van der Waals surface area contributed by atoms with Gasteiger partial charge >= 0.3 is 22.4 Å². The van der Waals surface area contributed by atoms with Gasteiger partial charge in [-0.3, -0.25) is 0 Å². The molecule has 0 spiro atoms. The van der Waals surface area contributed by atoms with Gasteiger partial charge in [-0.05, 0) is 30.8 Å². The molecule has 0 radical (unpaired) electrons. The van der Waals surface area contributed by atoms with Crippen molar-refractivity contribution in [2.45, 2.75) is 4.90 Å². The molecule has 133 valence electrons. The molecule has 0 fully saturated rings. The fourth-order valence-electron chi connectivity index (χ4n) is 2.32. The summed E-state index contributed by atoms with van der Waals surface area (Å²) in [5.41, 5.74) is 3.27. The second kappa shape index (κ2) is 12.3. The summed E-state index contributed by atoms with van der Waals surface area (Å²) in [6, 6.07) is 16.3. The molecule has 4 nitrogen and oxygen atoms in total. The minimum absolute atomic E-state index is 0.701. The first-order valence-corrected chi connectivity index (χ1v) is 9.55. The van der Waals surface area contributed by atoms with E-state index in [-0.39, 0.29) is 0 Å². The number of nitrogens with zero attached hydrogens (tertiary/aromatic N) is 3. The van der Waals surface area contributed by atoms with Crippen molar-refractivity contribution in [2.75, 3.05) is 49.3 Å². The molecule has 2 rings (SSSR count). The Morgan fingerprint density at radius 1 is 0.960 bits per heavy atom. The van der Waals surface area contributed by atoms with Crippen molar-refractivity contribution in [2.24, 2.45) is 0 Å². The zero-order chi connectivity index (χ0) is 18.7. The molecule has 0 aliphatic heterocycles. The van der Waals surface area contributed by atoms with Gasteiger partial charge in [-0.1, -0.05) is 24.3 Å². The van der Waals surface area contributed by atoms with Gasteiger partial charge < -0.3 is 40.4 Å². The van der Waals surface area contributed by atoms with Crippen molar-refractivity contribution in [1.82, 2.24) is 0 Å². The molecule has 0 aromatic heterocycles. The summed E-state index contributed by atoms with van der Waals surface area (Å²) in [6.07, 6.45) is 0. The van der Waals surface area contributed by atoms with E-state index in [0.29, 0.717) is 12.3 Å². The Kier molecular flexibility index (Phi) is 10.7. The number of hydrogen-bond acceptors (Lipinski definition) is 5. The van der Waals surface area contributed by atoms with Crippen LogP contribution in [-0.2, 0) is 47.6 Å². The molecular weight excluding hydrogens is 436 g/mol. The number of anilines is 2. The van der Waals surface area contributed by atoms with Crippen LogP contribution in [0.15, 0.2) is 53.4 Å². The Labute approximate surface area is 172 Å². The third-order valence-electron chi connectivity index (χ3n) is 3.61. The van der Waals surface area contributed by atoms with Crippen LogP contribution in [0.1, 0.15) is 0 Å². The van der Waals surface area contributed by atoms with E-state index >= 15 is 0 Å². The third-order valence-corrected chi connectivity index (χ3v) is 4.14. The fraction of sp³-hybridized carbons (Fsp3) is 0.333. The maximum atomic E-state index is 8.22. The van der Waals surface area contributed by atoms with E-state index < -0.39 is 0 Å². The monoisotopic (exact) mass is 457 g/mol. The molecule has 0 bridgehead atoms. The van der Waals surface area contributed by atoms with Crippen LogP contribution in [0.3, 0.4) is 0 Å². The van der Waals surface area contributed by atoms with Crippen LogP contribution >= 0.6 is 0 Å². The van der Waals surface area contributed by atoms with Gasteiger partial charge in [0.05, 0.1) is 0 Å². The van der Waals surface area contributed by atoms with E-state index in [4.69, 9.17) is 28.8 Å². The molecule has 0 heterocycles. The maximum absolute atomic E-state index is 8.22. The van der Waals surface area contributed by atoms with Crippen LogP contribution in [0.5, 0.6) is 0 Å². The van der Waals surface area contributed by atoms with E-state index in [1.165, 1.54) is 11.4 Å². The van der Waals surface area contributed by atoms with Crippen LogP contribution in [-0.4, -0.2) is 39.5 Å². The van der Waals surface area contributed by atoms with Crippen molar-refractivity contribution in [1.29, 1.82) is 0 Å². The topological polar surface area (TPSA) is 37.7 Å². The Morgan fingerprint density at radius 3 is 2.12 bits per heavy atom. The molecule has 0 atom stereocenters. The molecule has 0 unspecified atom stereocenters.